The third kappa shape index (κ3) is 4.52. The van der Waals surface area contributed by atoms with Gasteiger partial charge in [0, 0.05) is 10.5 Å². The third-order valence-electron chi connectivity index (χ3n) is 2.84. The second kappa shape index (κ2) is 7.38. The van der Waals surface area contributed by atoms with Crippen LogP contribution in [0.2, 0.25) is 0 Å². The van der Waals surface area contributed by atoms with Crippen LogP contribution in [0.1, 0.15) is 26.3 Å². The van der Waals surface area contributed by atoms with Gasteiger partial charge in [-0.15, -0.1) is 0 Å². The van der Waals surface area contributed by atoms with Crippen LogP contribution in [-0.2, 0) is 19.6 Å². The smallest absolute Gasteiger partial charge is 0.321 e. The molecule has 1 aromatic rings. The molecular formula is C14H20BrNO4S. The Morgan fingerprint density at radius 1 is 1.38 bits per heavy atom. The largest absolute Gasteiger partial charge is 0.465 e. The predicted molar refractivity (Wildman–Crippen MR) is 84.5 cm³/mol. The van der Waals surface area contributed by atoms with Gasteiger partial charge in [-0.05, 0) is 61.3 Å². The molecule has 118 valence electrons. The molecule has 0 saturated carbocycles. The summed E-state index contributed by atoms with van der Waals surface area (Å²) in [6.45, 7) is 6.92. The molecule has 21 heavy (non-hydrogen) atoms. The Balaban J connectivity index is 3.19. The maximum absolute atomic E-state index is 12.7. The highest BCUT2D eigenvalue weighted by molar-refractivity contribution is 9.10. The zero-order valence-corrected chi connectivity index (χ0v) is 15.0. The van der Waals surface area contributed by atoms with Crippen molar-refractivity contribution in [3.8, 4) is 0 Å². The van der Waals surface area contributed by atoms with Crippen LogP contribution < -0.4 is 0 Å². The second-order valence-electron chi connectivity index (χ2n) is 4.88. The number of carbonyl (C=O) groups is 1. The lowest BCUT2D eigenvalue weighted by Crippen LogP contribution is -2.41. The topological polar surface area (TPSA) is 63.7 Å². The molecule has 5 nitrogen and oxygen atoms in total. The standard InChI is InChI=1S/C14H20BrNO4S/c1-5-20-14(17)9-16(10(2)3)21(18,19)13-7-6-11(4)8-12(13)15/h6-8,10H,5,9H2,1-4H3. The fourth-order valence-electron chi connectivity index (χ4n) is 1.82. The number of halogens is 1. The maximum Gasteiger partial charge on any atom is 0.321 e. The molecule has 0 aliphatic rings. The van der Waals surface area contributed by atoms with Gasteiger partial charge in [-0.2, -0.15) is 4.31 Å². The fraction of sp³-hybridized carbons (Fsp3) is 0.500. The number of rotatable bonds is 6. The summed E-state index contributed by atoms with van der Waals surface area (Å²) < 4.78 is 31.9. The van der Waals surface area contributed by atoms with Crippen molar-refractivity contribution in [2.24, 2.45) is 0 Å². The highest BCUT2D eigenvalue weighted by Gasteiger charge is 2.31. The Bertz CT molecular complexity index is 613. The second-order valence-corrected chi connectivity index (χ2v) is 7.60. The van der Waals surface area contributed by atoms with Gasteiger partial charge < -0.3 is 4.74 Å². The Morgan fingerprint density at radius 3 is 2.48 bits per heavy atom. The predicted octanol–water partition coefficient (Wildman–Crippen LogP) is 2.72. The van der Waals surface area contributed by atoms with Crippen LogP contribution in [0.3, 0.4) is 0 Å². The number of esters is 1. The van der Waals surface area contributed by atoms with E-state index in [1.165, 1.54) is 6.07 Å². The Morgan fingerprint density at radius 2 is 2.00 bits per heavy atom. The number of carbonyl (C=O) groups excluding carboxylic acids is 1. The Labute approximate surface area is 134 Å². The van der Waals surface area contributed by atoms with Gasteiger partial charge >= 0.3 is 5.97 Å². The van der Waals surface area contributed by atoms with E-state index in [1.54, 1.807) is 32.9 Å². The normalized spacial score (nSPS) is 12.0. The maximum atomic E-state index is 12.7. The first-order chi connectivity index (χ1) is 9.70. The minimum absolute atomic E-state index is 0.145. The molecule has 0 heterocycles. The molecule has 0 bridgehead atoms. The molecule has 7 heteroatoms. The van der Waals surface area contributed by atoms with Crippen LogP contribution in [0.15, 0.2) is 27.6 Å². The van der Waals surface area contributed by atoms with E-state index in [0.717, 1.165) is 9.87 Å². The molecule has 0 aliphatic heterocycles. The number of hydrogen-bond donors (Lipinski definition) is 0. The van der Waals surface area contributed by atoms with Crippen molar-refractivity contribution in [3.05, 3.63) is 28.2 Å². The fourth-order valence-corrected chi connectivity index (χ4v) is 4.56. The molecule has 1 rings (SSSR count). The van der Waals surface area contributed by atoms with Crippen LogP contribution >= 0.6 is 15.9 Å². The lowest BCUT2D eigenvalue weighted by atomic mass is 10.2. The van der Waals surface area contributed by atoms with Crippen LogP contribution in [0.25, 0.3) is 0 Å². The molecule has 0 aromatic heterocycles. The summed E-state index contributed by atoms with van der Waals surface area (Å²) in [5.74, 6) is -0.557. The molecule has 0 fully saturated rings. The van der Waals surface area contributed by atoms with Gasteiger partial charge in [0.05, 0.1) is 11.5 Å². The SMILES string of the molecule is CCOC(=O)CN(C(C)C)S(=O)(=O)c1ccc(C)cc1Br. The molecule has 1 aromatic carbocycles. The van der Waals surface area contributed by atoms with Crippen LogP contribution in [-0.4, -0.2) is 37.9 Å². The lowest BCUT2D eigenvalue weighted by Gasteiger charge is -2.25. The first kappa shape index (κ1) is 18.1. The van der Waals surface area contributed by atoms with Gasteiger partial charge in [0.25, 0.3) is 0 Å². The highest BCUT2D eigenvalue weighted by Crippen LogP contribution is 2.27. The molecular weight excluding hydrogens is 358 g/mol. The molecule has 0 radical (unpaired) electrons. The number of hydrogen-bond acceptors (Lipinski definition) is 4. The summed E-state index contributed by atoms with van der Waals surface area (Å²) in [5, 5.41) is 0. The van der Waals surface area contributed by atoms with Crippen LogP contribution in [0, 0.1) is 6.92 Å². The molecule has 0 atom stereocenters. The van der Waals surface area contributed by atoms with E-state index < -0.39 is 16.0 Å². The molecule has 0 aliphatic carbocycles. The summed E-state index contributed by atoms with van der Waals surface area (Å²) in [4.78, 5) is 11.8. The van der Waals surface area contributed by atoms with Crippen molar-refractivity contribution in [1.29, 1.82) is 0 Å². The van der Waals surface area contributed by atoms with E-state index in [1.807, 2.05) is 6.92 Å². The number of aryl methyl sites for hydroxylation is 1. The minimum atomic E-state index is -3.78. The highest BCUT2D eigenvalue weighted by atomic mass is 79.9. The number of ether oxygens (including phenoxy) is 1. The first-order valence-corrected chi connectivity index (χ1v) is 8.87. The van der Waals surface area contributed by atoms with Crippen molar-refractivity contribution in [2.75, 3.05) is 13.2 Å². The average molecular weight is 378 g/mol. The quantitative estimate of drug-likeness (QED) is 0.714. The average Bonchev–Trinajstić information content (AvgIpc) is 2.35. The third-order valence-corrected chi connectivity index (χ3v) is 5.84. The minimum Gasteiger partial charge on any atom is -0.465 e. The number of benzene rings is 1. The summed E-state index contributed by atoms with van der Waals surface area (Å²) in [6, 6.07) is 4.64. The summed E-state index contributed by atoms with van der Waals surface area (Å²) in [5.41, 5.74) is 0.947. The summed E-state index contributed by atoms with van der Waals surface area (Å²) in [7, 11) is -3.78. The lowest BCUT2D eigenvalue weighted by molar-refractivity contribution is -0.143. The van der Waals surface area contributed by atoms with Gasteiger partial charge in [0.2, 0.25) is 10.0 Å². The van der Waals surface area contributed by atoms with Gasteiger partial charge in [-0.25, -0.2) is 8.42 Å². The zero-order valence-electron chi connectivity index (χ0n) is 12.6. The molecule has 0 saturated heterocycles. The van der Waals surface area contributed by atoms with Gasteiger partial charge in [0.15, 0.2) is 0 Å². The van der Waals surface area contributed by atoms with Gasteiger partial charge in [-0.3, -0.25) is 4.79 Å². The Hall–Kier alpha value is -0.920. The van der Waals surface area contributed by atoms with E-state index in [4.69, 9.17) is 4.74 Å². The van der Waals surface area contributed by atoms with E-state index in [9.17, 15) is 13.2 Å². The first-order valence-electron chi connectivity index (χ1n) is 6.63. The van der Waals surface area contributed by atoms with Crippen molar-refractivity contribution in [1.82, 2.24) is 4.31 Å². The van der Waals surface area contributed by atoms with Gasteiger partial charge in [-0.1, -0.05) is 6.07 Å². The van der Waals surface area contributed by atoms with E-state index in [-0.39, 0.29) is 24.1 Å². The van der Waals surface area contributed by atoms with Gasteiger partial charge in [0.1, 0.15) is 6.54 Å². The van der Waals surface area contributed by atoms with Crippen LogP contribution in [0.4, 0.5) is 0 Å². The van der Waals surface area contributed by atoms with Crippen molar-refractivity contribution in [3.63, 3.8) is 0 Å². The van der Waals surface area contributed by atoms with E-state index >= 15 is 0 Å². The molecule has 0 N–H and O–H groups in total. The van der Waals surface area contributed by atoms with E-state index in [2.05, 4.69) is 15.9 Å². The van der Waals surface area contributed by atoms with Crippen molar-refractivity contribution in [2.45, 2.75) is 38.6 Å². The zero-order chi connectivity index (χ0) is 16.2. The van der Waals surface area contributed by atoms with Crippen LogP contribution in [0.5, 0.6) is 0 Å². The van der Waals surface area contributed by atoms with Crippen molar-refractivity contribution < 1.29 is 17.9 Å². The molecule has 0 amide bonds. The summed E-state index contributed by atoms with van der Waals surface area (Å²) in [6.07, 6.45) is 0. The molecule has 0 spiro atoms. The molecule has 0 unspecified atom stereocenters. The number of nitrogens with zero attached hydrogens (tertiary/aromatic N) is 1. The Kier molecular flexibility index (Phi) is 6.37. The monoisotopic (exact) mass is 377 g/mol. The summed E-state index contributed by atoms with van der Waals surface area (Å²) >= 11 is 3.28. The van der Waals surface area contributed by atoms with Crippen molar-refractivity contribution >= 4 is 31.9 Å². The van der Waals surface area contributed by atoms with E-state index in [0.29, 0.717) is 4.47 Å². The number of sulfonamides is 1.